The molecule has 0 aromatic rings. The van der Waals surface area contributed by atoms with Crippen LogP contribution in [0.3, 0.4) is 0 Å². The van der Waals surface area contributed by atoms with Gasteiger partial charge in [0.05, 0.1) is 39.1 Å². The van der Waals surface area contributed by atoms with Crippen LogP contribution in [0.2, 0.25) is 0 Å². The SMILES string of the molecule is CCC(CO)(CCCC1CO1)COCC1CO1. The second-order valence-corrected chi connectivity index (χ2v) is 5.33. The number of epoxide rings is 2. The van der Waals surface area contributed by atoms with Crippen LogP contribution in [0.1, 0.15) is 32.6 Å². The lowest BCUT2D eigenvalue weighted by Gasteiger charge is -2.30. The molecule has 2 rings (SSSR count). The zero-order valence-corrected chi connectivity index (χ0v) is 10.7. The summed E-state index contributed by atoms with van der Waals surface area (Å²) in [6, 6.07) is 0. The van der Waals surface area contributed by atoms with Gasteiger partial charge in [-0.3, -0.25) is 0 Å². The van der Waals surface area contributed by atoms with Gasteiger partial charge in [0.25, 0.3) is 0 Å². The fourth-order valence-corrected chi connectivity index (χ4v) is 2.10. The van der Waals surface area contributed by atoms with E-state index < -0.39 is 0 Å². The van der Waals surface area contributed by atoms with Crippen LogP contribution in [0.15, 0.2) is 0 Å². The van der Waals surface area contributed by atoms with E-state index in [2.05, 4.69) is 6.92 Å². The van der Waals surface area contributed by atoms with Gasteiger partial charge in [-0.25, -0.2) is 0 Å². The Morgan fingerprint density at radius 2 is 2.00 bits per heavy atom. The van der Waals surface area contributed by atoms with Crippen LogP contribution in [0, 0.1) is 5.41 Å². The van der Waals surface area contributed by atoms with Crippen molar-refractivity contribution in [2.45, 2.75) is 44.8 Å². The highest BCUT2D eigenvalue weighted by Crippen LogP contribution is 2.31. The van der Waals surface area contributed by atoms with E-state index in [-0.39, 0.29) is 12.0 Å². The predicted octanol–water partition coefficient (Wildman–Crippen LogP) is 1.36. The molecule has 3 atom stereocenters. The first-order valence-electron chi connectivity index (χ1n) is 6.70. The smallest absolute Gasteiger partial charge is 0.104 e. The molecule has 1 N–H and O–H groups in total. The summed E-state index contributed by atoms with van der Waals surface area (Å²) in [6.45, 7) is 5.41. The van der Waals surface area contributed by atoms with Gasteiger partial charge in [-0.1, -0.05) is 13.3 Å². The van der Waals surface area contributed by atoms with Gasteiger partial charge in [-0.15, -0.1) is 0 Å². The topological polar surface area (TPSA) is 54.5 Å². The monoisotopic (exact) mass is 244 g/mol. The second kappa shape index (κ2) is 6.14. The number of hydrogen-bond donors (Lipinski definition) is 1. The molecular weight excluding hydrogens is 220 g/mol. The van der Waals surface area contributed by atoms with Gasteiger partial charge in [0.15, 0.2) is 0 Å². The molecular formula is C13H24O4. The Balaban J connectivity index is 1.65. The number of aliphatic hydroxyl groups excluding tert-OH is 1. The van der Waals surface area contributed by atoms with Gasteiger partial charge in [-0.05, 0) is 19.3 Å². The molecule has 2 heterocycles. The highest BCUT2D eigenvalue weighted by molar-refractivity contribution is 4.79. The van der Waals surface area contributed by atoms with Crippen molar-refractivity contribution < 1.29 is 19.3 Å². The Bertz CT molecular complexity index is 199. The van der Waals surface area contributed by atoms with Crippen molar-refractivity contribution in [3.63, 3.8) is 0 Å². The fraction of sp³-hybridized carbons (Fsp3) is 1.00. The fourth-order valence-electron chi connectivity index (χ4n) is 2.10. The Kier molecular flexibility index (Phi) is 4.79. The number of hydrogen-bond acceptors (Lipinski definition) is 4. The van der Waals surface area contributed by atoms with E-state index in [4.69, 9.17) is 14.2 Å². The van der Waals surface area contributed by atoms with E-state index in [0.29, 0.717) is 25.4 Å². The second-order valence-electron chi connectivity index (χ2n) is 5.33. The number of aliphatic hydroxyl groups is 1. The average molecular weight is 244 g/mol. The predicted molar refractivity (Wildman–Crippen MR) is 64.0 cm³/mol. The van der Waals surface area contributed by atoms with Crippen LogP contribution in [0.4, 0.5) is 0 Å². The molecule has 0 spiro atoms. The lowest BCUT2D eigenvalue weighted by molar-refractivity contribution is -0.00777. The van der Waals surface area contributed by atoms with E-state index >= 15 is 0 Å². The van der Waals surface area contributed by atoms with Crippen molar-refractivity contribution in [1.29, 1.82) is 0 Å². The molecule has 0 saturated carbocycles. The molecule has 2 aliphatic rings. The number of ether oxygens (including phenoxy) is 3. The largest absolute Gasteiger partial charge is 0.396 e. The third kappa shape index (κ3) is 4.54. The minimum atomic E-state index is -0.0657. The van der Waals surface area contributed by atoms with Crippen LogP contribution in [-0.2, 0) is 14.2 Å². The molecule has 2 aliphatic heterocycles. The maximum atomic E-state index is 9.60. The van der Waals surface area contributed by atoms with Crippen LogP contribution < -0.4 is 0 Å². The molecule has 0 aromatic carbocycles. The molecule has 0 amide bonds. The molecule has 4 nitrogen and oxygen atoms in total. The molecule has 17 heavy (non-hydrogen) atoms. The third-order valence-electron chi connectivity index (χ3n) is 3.84. The standard InChI is InChI=1S/C13H24O4/c1-2-13(9-14,5-3-4-11-7-16-11)10-15-6-12-8-17-12/h11-12,14H,2-10H2,1H3. The van der Waals surface area contributed by atoms with Gasteiger partial charge in [0, 0.05) is 5.41 Å². The van der Waals surface area contributed by atoms with Crippen molar-refractivity contribution in [3.05, 3.63) is 0 Å². The first-order chi connectivity index (χ1) is 8.28. The van der Waals surface area contributed by atoms with Crippen LogP contribution >= 0.6 is 0 Å². The van der Waals surface area contributed by atoms with Gasteiger partial charge in [0.1, 0.15) is 6.10 Å². The molecule has 4 heteroatoms. The maximum absolute atomic E-state index is 9.60. The number of rotatable bonds is 10. The molecule has 3 unspecified atom stereocenters. The summed E-state index contributed by atoms with van der Waals surface area (Å²) in [4.78, 5) is 0. The van der Waals surface area contributed by atoms with Crippen molar-refractivity contribution in [3.8, 4) is 0 Å². The minimum absolute atomic E-state index is 0.0657. The lowest BCUT2D eigenvalue weighted by atomic mass is 9.81. The molecule has 0 aliphatic carbocycles. The van der Waals surface area contributed by atoms with E-state index in [1.54, 1.807) is 0 Å². The van der Waals surface area contributed by atoms with E-state index in [1.807, 2.05) is 0 Å². The highest BCUT2D eigenvalue weighted by atomic mass is 16.6. The molecule has 100 valence electrons. The summed E-state index contributed by atoms with van der Waals surface area (Å²) in [6.07, 6.45) is 5.01. The van der Waals surface area contributed by atoms with Gasteiger partial charge in [-0.2, -0.15) is 0 Å². The Hall–Kier alpha value is -0.160. The normalized spacial score (nSPS) is 30.0. The van der Waals surface area contributed by atoms with Crippen molar-refractivity contribution >= 4 is 0 Å². The summed E-state index contributed by atoms with van der Waals surface area (Å²) in [5, 5.41) is 9.60. The maximum Gasteiger partial charge on any atom is 0.104 e. The first-order valence-corrected chi connectivity index (χ1v) is 6.70. The third-order valence-corrected chi connectivity index (χ3v) is 3.84. The quantitative estimate of drug-likeness (QED) is 0.590. The van der Waals surface area contributed by atoms with E-state index in [1.165, 1.54) is 0 Å². The molecule has 0 radical (unpaired) electrons. The van der Waals surface area contributed by atoms with Crippen molar-refractivity contribution in [1.82, 2.24) is 0 Å². The van der Waals surface area contributed by atoms with Crippen LogP contribution in [0.5, 0.6) is 0 Å². The average Bonchev–Trinajstić information content (AvgIpc) is 3.21. The van der Waals surface area contributed by atoms with E-state index in [9.17, 15) is 5.11 Å². The summed E-state index contributed by atoms with van der Waals surface area (Å²) in [7, 11) is 0. The Labute approximate surface area is 103 Å². The van der Waals surface area contributed by atoms with Crippen molar-refractivity contribution in [2.24, 2.45) is 5.41 Å². The highest BCUT2D eigenvalue weighted by Gasteiger charge is 2.31. The van der Waals surface area contributed by atoms with E-state index in [0.717, 1.165) is 38.9 Å². The zero-order valence-electron chi connectivity index (χ0n) is 10.7. The van der Waals surface area contributed by atoms with Gasteiger partial charge >= 0.3 is 0 Å². The van der Waals surface area contributed by atoms with Crippen LogP contribution in [-0.4, -0.2) is 50.3 Å². The molecule has 2 fully saturated rings. The van der Waals surface area contributed by atoms with Gasteiger partial charge in [0.2, 0.25) is 0 Å². The summed E-state index contributed by atoms with van der Waals surface area (Å²) < 4.78 is 16.0. The van der Waals surface area contributed by atoms with Crippen molar-refractivity contribution in [2.75, 3.05) is 33.0 Å². The van der Waals surface area contributed by atoms with Gasteiger partial charge < -0.3 is 19.3 Å². The lowest BCUT2D eigenvalue weighted by Crippen LogP contribution is -2.31. The Morgan fingerprint density at radius 3 is 2.53 bits per heavy atom. The minimum Gasteiger partial charge on any atom is -0.396 e. The molecule has 0 bridgehead atoms. The summed E-state index contributed by atoms with van der Waals surface area (Å²) in [5.74, 6) is 0. The summed E-state index contributed by atoms with van der Waals surface area (Å²) in [5.41, 5.74) is -0.0657. The Morgan fingerprint density at radius 1 is 1.29 bits per heavy atom. The summed E-state index contributed by atoms with van der Waals surface area (Å²) >= 11 is 0. The first kappa shape index (κ1) is 13.3. The zero-order chi connectivity index (χ0) is 12.1. The molecule has 0 aromatic heterocycles. The molecule has 2 saturated heterocycles. The van der Waals surface area contributed by atoms with Crippen LogP contribution in [0.25, 0.3) is 0 Å².